The molecule has 8 heteroatoms. The Morgan fingerprint density at radius 1 is 1.16 bits per heavy atom. The number of rotatable bonds is 7. The van der Waals surface area contributed by atoms with Crippen LogP contribution in [0, 0.1) is 5.92 Å². The summed E-state index contributed by atoms with van der Waals surface area (Å²) < 4.78 is 5.17. The Hall–Kier alpha value is -2.87. The van der Waals surface area contributed by atoms with Crippen LogP contribution < -0.4 is 10.1 Å². The molecule has 2 fully saturated rings. The third-order valence-corrected chi connectivity index (χ3v) is 7.42. The molecule has 2 aromatic rings. The van der Waals surface area contributed by atoms with Gasteiger partial charge in [0.25, 0.3) is 5.91 Å². The fraction of sp³-hybridized carbons (Fsp3) is 0.458. The van der Waals surface area contributed by atoms with Crippen LogP contribution in [0.5, 0.6) is 5.75 Å². The van der Waals surface area contributed by atoms with Crippen molar-refractivity contribution < 1.29 is 19.1 Å². The number of imide groups is 1. The van der Waals surface area contributed by atoms with Crippen LogP contribution in [0.25, 0.3) is 0 Å². The summed E-state index contributed by atoms with van der Waals surface area (Å²) in [6.07, 6.45) is 2.41. The van der Waals surface area contributed by atoms with Crippen molar-refractivity contribution in [3.8, 4) is 5.75 Å². The quantitative estimate of drug-likeness (QED) is 0.651. The van der Waals surface area contributed by atoms with Gasteiger partial charge in [-0.15, -0.1) is 0 Å². The van der Waals surface area contributed by atoms with Crippen LogP contribution in [0.3, 0.4) is 0 Å². The summed E-state index contributed by atoms with van der Waals surface area (Å²) >= 11 is 1.59. The second-order valence-electron chi connectivity index (χ2n) is 8.65. The van der Waals surface area contributed by atoms with Crippen molar-refractivity contribution in [3.05, 3.63) is 52.2 Å². The highest BCUT2D eigenvalue weighted by atomic mass is 32.1. The molecule has 4 rings (SSSR count). The molecule has 2 aliphatic rings. The highest BCUT2D eigenvalue weighted by molar-refractivity contribution is 7.08. The maximum atomic E-state index is 13.2. The Balaban J connectivity index is 1.33. The number of carbonyl (C=O) groups excluding carboxylic acids is 3. The minimum absolute atomic E-state index is 0.00938. The molecular weight excluding hydrogens is 426 g/mol. The fourth-order valence-electron chi connectivity index (χ4n) is 4.61. The zero-order valence-corrected chi connectivity index (χ0v) is 19.3. The third-order valence-electron chi connectivity index (χ3n) is 6.68. The molecule has 1 N–H and O–H groups in total. The van der Waals surface area contributed by atoms with Gasteiger partial charge >= 0.3 is 6.03 Å². The van der Waals surface area contributed by atoms with Crippen molar-refractivity contribution in [2.24, 2.45) is 5.92 Å². The summed E-state index contributed by atoms with van der Waals surface area (Å²) in [6, 6.07) is 9.28. The lowest BCUT2D eigenvalue weighted by atomic mass is 9.78. The average Bonchev–Trinajstić information content (AvgIpc) is 3.39. The first-order valence-electron chi connectivity index (χ1n) is 11.0. The number of methoxy groups -OCH3 is 1. The molecule has 7 nitrogen and oxygen atoms in total. The molecule has 0 aliphatic carbocycles. The van der Waals surface area contributed by atoms with E-state index in [1.807, 2.05) is 52.9 Å². The van der Waals surface area contributed by atoms with Crippen molar-refractivity contribution in [3.63, 3.8) is 0 Å². The van der Waals surface area contributed by atoms with Gasteiger partial charge in [-0.3, -0.25) is 14.5 Å². The minimum atomic E-state index is -0.917. The van der Waals surface area contributed by atoms with Gasteiger partial charge in [-0.2, -0.15) is 11.3 Å². The van der Waals surface area contributed by atoms with E-state index in [4.69, 9.17) is 4.74 Å². The number of benzene rings is 1. The molecule has 1 aromatic carbocycles. The van der Waals surface area contributed by atoms with Crippen molar-refractivity contribution >= 4 is 29.2 Å². The van der Waals surface area contributed by atoms with Crippen molar-refractivity contribution in [1.82, 2.24) is 15.1 Å². The minimum Gasteiger partial charge on any atom is -0.497 e. The van der Waals surface area contributed by atoms with Crippen LogP contribution in [0.4, 0.5) is 4.79 Å². The summed E-state index contributed by atoms with van der Waals surface area (Å²) in [7, 11) is 1.62. The van der Waals surface area contributed by atoms with Gasteiger partial charge in [-0.05, 0) is 72.2 Å². The molecule has 1 atom stereocenters. The number of hydrogen-bond acceptors (Lipinski definition) is 5. The van der Waals surface area contributed by atoms with E-state index in [0.29, 0.717) is 45.3 Å². The molecule has 2 saturated heterocycles. The Labute approximate surface area is 192 Å². The normalized spacial score (nSPS) is 21.7. The van der Waals surface area contributed by atoms with Gasteiger partial charge in [0.2, 0.25) is 5.91 Å². The van der Waals surface area contributed by atoms with E-state index < -0.39 is 5.54 Å². The number of likely N-dealkylation sites (tertiary alicyclic amines) is 1. The van der Waals surface area contributed by atoms with Crippen LogP contribution in [-0.2, 0) is 22.4 Å². The second-order valence-corrected chi connectivity index (χ2v) is 9.43. The van der Waals surface area contributed by atoms with E-state index in [-0.39, 0.29) is 23.8 Å². The molecule has 4 amide bonds. The number of amides is 4. The lowest BCUT2D eigenvalue weighted by Crippen LogP contribution is -2.54. The molecule has 0 spiro atoms. The summed E-state index contributed by atoms with van der Waals surface area (Å²) in [5.41, 5.74) is 1.16. The Kier molecular flexibility index (Phi) is 6.50. The first-order chi connectivity index (χ1) is 15.4. The number of nitrogens with zero attached hydrogens (tertiary/aromatic N) is 2. The number of nitrogens with one attached hydrogen (secondary N) is 1. The largest absolute Gasteiger partial charge is 0.497 e. The van der Waals surface area contributed by atoms with Gasteiger partial charge in [0.1, 0.15) is 11.3 Å². The smallest absolute Gasteiger partial charge is 0.325 e. The lowest BCUT2D eigenvalue weighted by molar-refractivity contribution is -0.135. The highest BCUT2D eigenvalue weighted by Crippen LogP contribution is 2.33. The second kappa shape index (κ2) is 9.32. The number of carbonyl (C=O) groups is 3. The maximum Gasteiger partial charge on any atom is 0.325 e. The maximum absolute atomic E-state index is 13.2. The number of thiophene rings is 1. The number of piperidine rings is 1. The molecule has 2 aliphatic heterocycles. The van der Waals surface area contributed by atoms with Crippen LogP contribution >= 0.6 is 11.3 Å². The topological polar surface area (TPSA) is 79.0 Å². The van der Waals surface area contributed by atoms with Gasteiger partial charge in [0.05, 0.1) is 13.5 Å². The molecule has 0 bridgehead atoms. The van der Waals surface area contributed by atoms with E-state index in [1.165, 1.54) is 4.90 Å². The van der Waals surface area contributed by atoms with Gasteiger partial charge in [0.15, 0.2) is 0 Å². The van der Waals surface area contributed by atoms with E-state index >= 15 is 0 Å². The molecule has 0 saturated carbocycles. The van der Waals surface area contributed by atoms with Gasteiger partial charge < -0.3 is 15.0 Å². The highest BCUT2D eigenvalue weighted by Gasteiger charge is 2.52. The Morgan fingerprint density at radius 3 is 2.50 bits per heavy atom. The van der Waals surface area contributed by atoms with Crippen molar-refractivity contribution in [1.29, 1.82) is 0 Å². The average molecular weight is 456 g/mol. The number of hydrogen-bond donors (Lipinski definition) is 1. The van der Waals surface area contributed by atoms with Crippen molar-refractivity contribution in [2.75, 3.05) is 26.7 Å². The van der Waals surface area contributed by atoms with Crippen LogP contribution in [0.1, 0.15) is 30.9 Å². The summed E-state index contributed by atoms with van der Waals surface area (Å²) in [5, 5.41) is 6.93. The summed E-state index contributed by atoms with van der Waals surface area (Å²) in [6.45, 7) is 3.38. The summed E-state index contributed by atoms with van der Waals surface area (Å²) in [5.74, 6) is 0.737. The molecule has 3 heterocycles. The zero-order chi connectivity index (χ0) is 22.7. The first-order valence-corrected chi connectivity index (χ1v) is 11.9. The van der Waals surface area contributed by atoms with E-state index in [9.17, 15) is 14.4 Å². The van der Waals surface area contributed by atoms with Gasteiger partial charge in [-0.25, -0.2) is 4.79 Å². The fourth-order valence-corrected chi connectivity index (χ4v) is 5.28. The van der Waals surface area contributed by atoms with Gasteiger partial charge in [-0.1, -0.05) is 12.1 Å². The molecule has 1 aromatic heterocycles. The van der Waals surface area contributed by atoms with Crippen LogP contribution in [0.15, 0.2) is 41.1 Å². The number of ether oxygens (including phenoxy) is 1. The Morgan fingerprint density at radius 2 is 1.88 bits per heavy atom. The van der Waals surface area contributed by atoms with Crippen molar-refractivity contribution in [2.45, 2.75) is 38.1 Å². The van der Waals surface area contributed by atoms with Gasteiger partial charge in [0, 0.05) is 19.6 Å². The zero-order valence-electron chi connectivity index (χ0n) is 18.5. The van der Waals surface area contributed by atoms with E-state index in [1.54, 1.807) is 18.4 Å². The van der Waals surface area contributed by atoms with E-state index in [2.05, 4.69) is 5.32 Å². The summed E-state index contributed by atoms with van der Waals surface area (Å²) in [4.78, 5) is 41.6. The van der Waals surface area contributed by atoms with E-state index in [0.717, 1.165) is 16.9 Å². The molecular formula is C24H29N3O4S. The monoisotopic (exact) mass is 455 g/mol. The predicted molar refractivity (Wildman–Crippen MR) is 123 cm³/mol. The number of urea groups is 1. The molecule has 32 heavy (non-hydrogen) atoms. The predicted octanol–water partition coefficient (Wildman–Crippen LogP) is 3.09. The molecule has 170 valence electrons. The SMILES string of the molecule is COc1ccc(CCN2C(=O)NC(C)(C3CCN(C(=O)Cc4ccsc4)CC3)C2=O)cc1. The van der Waals surface area contributed by atoms with Crippen LogP contribution in [-0.4, -0.2) is 59.9 Å². The first kappa shape index (κ1) is 22.3. The lowest BCUT2D eigenvalue weighted by Gasteiger charge is -2.39. The molecule has 0 radical (unpaired) electrons. The van der Waals surface area contributed by atoms with Crippen LogP contribution in [0.2, 0.25) is 0 Å². The third kappa shape index (κ3) is 4.50. The molecule has 1 unspecified atom stereocenters. The standard InChI is InChI=1S/C24H29N3O4S/c1-24(19-8-11-26(12-9-19)21(28)15-18-10-14-32-16-18)22(29)27(23(30)25-24)13-7-17-3-5-20(31-2)6-4-17/h3-6,10,14,16,19H,7-9,11-13,15H2,1-2H3,(H,25,30). The Bertz CT molecular complexity index is 968.